The number of hydrogen-bond donors (Lipinski definition) is 2. The molecule has 144 valence electrons. The van der Waals surface area contributed by atoms with Crippen LogP contribution in [0.25, 0.3) is 0 Å². The van der Waals surface area contributed by atoms with Crippen LogP contribution < -0.4 is 15.8 Å². The molecule has 1 aromatic heterocycles. The summed E-state index contributed by atoms with van der Waals surface area (Å²) >= 11 is 1.31. The molecule has 1 aliphatic rings. The Kier molecular flexibility index (Phi) is 6.47. The maximum Gasteiger partial charge on any atom is 0.251 e. The molecular weight excluding hydrogens is 362 g/mol. The minimum Gasteiger partial charge on any atom is -0.497 e. The Morgan fingerprint density at radius 1 is 1.22 bits per heavy atom. The molecule has 0 radical (unpaired) electrons. The Bertz CT molecular complexity index is 788. The zero-order valence-electron chi connectivity index (χ0n) is 15.4. The molecule has 2 amide bonds. The summed E-state index contributed by atoms with van der Waals surface area (Å²) in [5, 5.41) is 5.12. The van der Waals surface area contributed by atoms with E-state index in [4.69, 9.17) is 10.5 Å². The number of benzene rings is 1. The molecule has 1 atom stereocenters. The molecule has 6 nitrogen and oxygen atoms in total. The van der Waals surface area contributed by atoms with Crippen LogP contribution in [0.2, 0.25) is 0 Å². The van der Waals surface area contributed by atoms with Crippen LogP contribution in [0.15, 0.2) is 35.7 Å². The minimum absolute atomic E-state index is 0.125. The van der Waals surface area contributed by atoms with E-state index < -0.39 is 5.91 Å². The van der Waals surface area contributed by atoms with E-state index in [2.05, 4.69) is 22.3 Å². The van der Waals surface area contributed by atoms with Gasteiger partial charge in [-0.25, -0.2) is 0 Å². The van der Waals surface area contributed by atoms with E-state index in [1.54, 1.807) is 18.6 Å². The number of nitrogens with one attached hydrogen (secondary N) is 1. The van der Waals surface area contributed by atoms with Crippen LogP contribution in [-0.4, -0.2) is 36.9 Å². The van der Waals surface area contributed by atoms with Crippen molar-refractivity contribution < 1.29 is 14.3 Å². The van der Waals surface area contributed by atoms with Gasteiger partial charge in [-0.3, -0.25) is 14.5 Å². The molecule has 1 aliphatic heterocycles. The fraction of sp³-hybridized carbons (Fsp3) is 0.400. The number of ether oxygens (including phenoxy) is 1. The number of carbonyl (C=O) groups is 2. The van der Waals surface area contributed by atoms with Crippen molar-refractivity contribution in [1.82, 2.24) is 4.90 Å². The molecule has 0 bridgehead atoms. The molecule has 27 heavy (non-hydrogen) atoms. The highest BCUT2D eigenvalue weighted by Crippen LogP contribution is 2.31. The number of rotatable bonds is 6. The molecular formula is C20H25N3O3S. The van der Waals surface area contributed by atoms with Crippen LogP contribution in [0.5, 0.6) is 5.75 Å². The van der Waals surface area contributed by atoms with Crippen molar-refractivity contribution in [2.24, 2.45) is 5.73 Å². The van der Waals surface area contributed by atoms with Crippen LogP contribution in [-0.2, 0) is 4.79 Å². The zero-order chi connectivity index (χ0) is 19.2. The van der Waals surface area contributed by atoms with Gasteiger partial charge in [-0.15, -0.1) is 11.3 Å². The van der Waals surface area contributed by atoms with Gasteiger partial charge in [0.15, 0.2) is 0 Å². The molecule has 0 aliphatic carbocycles. The Hall–Kier alpha value is -2.38. The van der Waals surface area contributed by atoms with Crippen molar-refractivity contribution in [2.45, 2.75) is 31.7 Å². The van der Waals surface area contributed by atoms with Gasteiger partial charge in [0.25, 0.3) is 5.91 Å². The third kappa shape index (κ3) is 4.87. The SMILES string of the molecule is COc1ccc(C2CCCCCN2CC(=O)Nc2sccc2C(N)=O)cc1. The summed E-state index contributed by atoms with van der Waals surface area (Å²) in [5.41, 5.74) is 6.91. The lowest BCUT2D eigenvalue weighted by Crippen LogP contribution is -2.36. The molecule has 0 saturated carbocycles. The predicted octanol–water partition coefficient (Wildman–Crippen LogP) is 3.41. The quantitative estimate of drug-likeness (QED) is 0.795. The van der Waals surface area contributed by atoms with Gasteiger partial charge in [-0.05, 0) is 48.5 Å². The van der Waals surface area contributed by atoms with Crippen molar-refractivity contribution in [3.8, 4) is 5.75 Å². The summed E-state index contributed by atoms with van der Waals surface area (Å²) in [6, 6.07) is 9.90. The second-order valence-electron chi connectivity index (χ2n) is 6.68. The molecule has 3 rings (SSSR count). The summed E-state index contributed by atoms with van der Waals surface area (Å²) in [7, 11) is 1.65. The number of nitrogens with two attached hydrogens (primary N) is 1. The maximum atomic E-state index is 12.6. The van der Waals surface area contributed by atoms with Crippen LogP contribution in [0, 0.1) is 0 Å². The largest absolute Gasteiger partial charge is 0.497 e. The summed E-state index contributed by atoms with van der Waals surface area (Å²) in [4.78, 5) is 26.3. The molecule has 7 heteroatoms. The Labute approximate surface area is 163 Å². The number of primary amides is 1. The third-order valence-corrected chi connectivity index (χ3v) is 5.72. The maximum absolute atomic E-state index is 12.6. The average Bonchev–Trinajstić information content (AvgIpc) is 3.00. The molecule has 1 aromatic carbocycles. The van der Waals surface area contributed by atoms with Crippen molar-refractivity contribution in [3.63, 3.8) is 0 Å². The summed E-state index contributed by atoms with van der Waals surface area (Å²) in [6.07, 6.45) is 4.41. The molecule has 1 saturated heterocycles. The highest BCUT2D eigenvalue weighted by atomic mass is 32.1. The van der Waals surface area contributed by atoms with E-state index in [-0.39, 0.29) is 18.5 Å². The van der Waals surface area contributed by atoms with Gasteiger partial charge in [0.2, 0.25) is 5.91 Å². The normalized spacial score (nSPS) is 17.9. The third-order valence-electron chi connectivity index (χ3n) is 4.89. The molecule has 0 spiro atoms. The lowest BCUT2D eigenvalue weighted by Gasteiger charge is -2.29. The van der Waals surface area contributed by atoms with Crippen LogP contribution in [0.1, 0.15) is 47.6 Å². The second-order valence-corrected chi connectivity index (χ2v) is 7.60. The van der Waals surface area contributed by atoms with Crippen molar-refractivity contribution in [1.29, 1.82) is 0 Å². The first-order valence-electron chi connectivity index (χ1n) is 9.13. The van der Waals surface area contributed by atoms with Gasteiger partial charge in [0.1, 0.15) is 10.8 Å². The molecule has 2 heterocycles. The Morgan fingerprint density at radius 2 is 2.00 bits per heavy atom. The van der Waals surface area contributed by atoms with Crippen LogP contribution >= 0.6 is 11.3 Å². The average molecular weight is 388 g/mol. The standard InChI is InChI=1S/C20H25N3O3S/c1-26-15-8-6-14(7-9-15)17-5-3-2-4-11-23(17)13-18(24)22-20-16(19(21)25)10-12-27-20/h6-10,12,17H,2-5,11,13H2,1H3,(H2,21,25)(H,22,24). The summed E-state index contributed by atoms with van der Waals surface area (Å²) < 4.78 is 5.25. The number of likely N-dealkylation sites (tertiary alicyclic amines) is 1. The molecule has 1 fully saturated rings. The first-order valence-corrected chi connectivity index (χ1v) is 10.0. The molecule has 1 unspecified atom stereocenters. The fourth-order valence-electron chi connectivity index (χ4n) is 3.51. The number of thiophene rings is 1. The Balaban J connectivity index is 1.72. The van der Waals surface area contributed by atoms with Crippen molar-refractivity contribution >= 4 is 28.2 Å². The topological polar surface area (TPSA) is 84.7 Å². The van der Waals surface area contributed by atoms with Gasteiger partial charge >= 0.3 is 0 Å². The monoisotopic (exact) mass is 387 g/mol. The second kappa shape index (κ2) is 9.01. The van der Waals surface area contributed by atoms with Crippen molar-refractivity contribution in [3.05, 3.63) is 46.8 Å². The number of anilines is 1. The van der Waals surface area contributed by atoms with Crippen molar-refractivity contribution in [2.75, 3.05) is 25.5 Å². The first kappa shape index (κ1) is 19.4. The number of methoxy groups -OCH3 is 1. The van der Waals surface area contributed by atoms with Gasteiger partial charge in [0.05, 0.1) is 19.2 Å². The number of hydrogen-bond acceptors (Lipinski definition) is 5. The van der Waals surface area contributed by atoms with Gasteiger partial charge in [0, 0.05) is 6.04 Å². The number of nitrogens with zero attached hydrogens (tertiary/aromatic N) is 1. The van der Waals surface area contributed by atoms with E-state index in [1.807, 2.05) is 12.1 Å². The smallest absolute Gasteiger partial charge is 0.251 e. The summed E-state index contributed by atoms with van der Waals surface area (Å²) in [6.45, 7) is 1.16. The van der Waals surface area contributed by atoms with E-state index in [1.165, 1.54) is 23.3 Å². The van der Waals surface area contributed by atoms with Crippen LogP contribution in [0.3, 0.4) is 0 Å². The lowest BCUT2D eigenvalue weighted by molar-refractivity contribution is -0.117. The molecule has 3 N–H and O–H groups in total. The van der Waals surface area contributed by atoms with E-state index >= 15 is 0 Å². The van der Waals surface area contributed by atoms with Gasteiger partial charge in [-0.1, -0.05) is 25.0 Å². The highest BCUT2D eigenvalue weighted by molar-refractivity contribution is 7.14. The van der Waals surface area contributed by atoms with E-state index in [9.17, 15) is 9.59 Å². The highest BCUT2D eigenvalue weighted by Gasteiger charge is 2.25. The summed E-state index contributed by atoms with van der Waals surface area (Å²) in [5.74, 6) is 0.172. The first-order chi connectivity index (χ1) is 13.1. The van der Waals surface area contributed by atoms with Crippen LogP contribution in [0.4, 0.5) is 5.00 Å². The minimum atomic E-state index is -0.530. The Morgan fingerprint density at radius 3 is 2.70 bits per heavy atom. The molecule has 2 aromatic rings. The predicted molar refractivity (Wildman–Crippen MR) is 107 cm³/mol. The number of carbonyl (C=O) groups excluding carboxylic acids is 2. The number of amides is 2. The van der Waals surface area contributed by atoms with E-state index in [0.717, 1.165) is 31.6 Å². The van der Waals surface area contributed by atoms with Gasteiger partial charge in [-0.2, -0.15) is 0 Å². The lowest BCUT2D eigenvalue weighted by atomic mass is 10.0. The zero-order valence-corrected chi connectivity index (χ0v) is 16.3. The fourth-order valence-corrected chi connectivity index (χ4v) is 4.32. The van der Waals surface area contributed by atoms with Gasteiger partial charge < -0.3 is 15.8 Å². The van der Waals surface area contributed by atoms with E-state index in [0.29, 0.717) is 10.6 Å².